The molecule has 2 rings (SSSR count). The van der Waals surface area contributed by atoms with Gasteiger partial charge in [-0.2, -0.15) is 0 Å². The molecule has 0 radical (unpaired) electrons. The van der Waals surface area contributed by atoms with Gasteiger partial charge in [0, 0.05) is 11.7 Å². The molecular formula is C16H24N2O2. The van der Waals surface area contributed by atoms with Crippen LogP contribution in [0.5, 0.6) is 0 Å². The highest BCUT2D eigenvalue weighted by Crippen LogP contribution is 2.20. The molecule has 4 heteroatoms. The fourth-order valence-electron chi connectivity index (χ4n) is 2.64. The van der Waals surface area contributed by atoms with E-state index in [9.17, 15) is 9.90 Å². The molecule has 1 amide bonds. The zero-order valence-electron chi connectivity index (χ0n) is 12.2. The van der Waals surface area contributed by atoms with Crippen molar-refractivity contribution >= 4 is 11.6 Å². The molecule has 0 heterocycles. The third kappa shape index (κ3) is 3.73. The molecule has 1 aromatic rings. The van der Waals surface area contributed by atoms with Gasteiger partial charge in [-0.1, -0.05) is 25.0 Å². The summed E-state index contributed by atoms with van der Waals surface area (Å²) in [5.41, 5.74) is 1.48. The van der Waals surface area contributed by atoms with Crippen LogP contribution in [0, 0.1) is 0 Å². The SMILES string of the molecule is CC(C)Nc1ccccc1C(=O)N[C@@H]1CCCC[C@H]1O. The molecule has 1 aliphatic carbocycles. The maximum Gasteiger partial charge on any atom is 0.253 e. The Balaban J connectivity index is 2.08. The normalized spacial score (nSPS) is 22.6. The van der Waals surface area contributed by atoms with Crippen molar-refractivity contribution in [1.29, 1.82) is 0 Å². The maximum absolute atomic E-state index is 12.4. The number of para-hydroxylation sites is 1. The minimum absolute atomic E-state index is 0.111. The van der Waals surface area contributed by atoms with Gasteiger partial charge in [-0.15, -0.1) is 0 Å². The summed E-state index contributed by atoms with van der Waals surface area (Å²) in [6, 6.07) is 7.64. The Labute approximate surface area is 120 Å². The molecule has 110 valence electrons. The summed E-state index contributed by atoms with van der Waals surface area (Å²) >= 11 is 0. The standard InChI is InChI=1S/C16H24N2O2/c1-11(2)17-13-8-4-3-7-12(13)16(20)18-14-9-5-6-10-15(14)19/h3-4,7-8,11,14-15,17,19H,5-6,9-10H2,1-2H3,(H,18,20)/t14-,15-/m1/s1. The number of benzene rings is 1. The van der Waals surface area contributed by atoms with Gasteiger partial charge in [-0.25, -0.2) is 0 Å². The summed E-state index contributed by atoms with van der Waals surface area (Å²) in [5.74, 6) is -0.111. The van der Waals surface area contributed by atoms with E-state index in [1.165, 1.54) is 0 Å². The fourth-order valence-corrected chi connectivity index (χ4v) is 2.64. The van der Waals surface area contributed by atoms with Crippen LogP contribution in [0.25, 0.3) is 0 Å². The molecule has 3 N–H and O–H groups in total. The van der Waals surface area contributed by atoms with E-state index in [1.807, 2.05) is 38.1 Å². The lowest BCUT2D eigenvalue weighted by Gasteiger charge is -2.28. The molecule has 1 fully saturated rings. The van der Waals surface area contributed by atoms with E-state index in [0.717, 1.165) is 31.4 Å². The second-order valence-electron chi connectivity index (χ2n) is 5.78. The van der Waals surface area contributed by atoms with Crippen molar-refractivity contribution in [2.75, 3.05) is 5.32 Å². The second kappa shape index (κ2) is 6.75. The van der Waals surface area contributed by atoms with Gasteiger partial charge in [0.2, 0.25) is 0 Å². The number of anilines is 1. The molecule has 0 spiro atoms. The van der Waals surface area contributed by atoms with E-state index < -0.39 is 6.10 Å². The van der Waals surface area contributed by atoms with Gasteiger partial charge in [0.05, 0.1) is 17.7 Å². The van der Waals surface area contributed by atoms with Crippen LogP contribution >= 0.6 is 0 Å². The maximum atomic E-state index is 12.4. The van der Waals surface area contributed by atoms with Crippen LogP contribution in [0.15, 0.2) is 24.3 Å². The zero-order valence-corrected chi connectivity index (χ0v) is 12.2. The summed E-state index contributed by atoms with van der Waals surface area (Å²) in [5, 5.41) is 16.2. The van der Waals surface area contributed by atoms with Crippen molar-refractivity contribution in [1.82, 2.24) is 5.32 Å². The predicted molar refractivity (Wildman–Crippen MR) is 80.9 cm³/mol. The van der Waals surface area contributed by atoms with E-state index in [2.05, 4.69) is 10.6 Å². The molecule has 1 aromatic carbocycles. The summed E-state index contributed by atoms with van der Waals surface area (Å²) in [6.07, 6.45) is 3.31. The molecule has 2 atom stereocenters. The first-order valence-corrected chi connectivity index (χ1v) is 7.42. The highest BCUT2D eigenvalue weighted by molar-refractivity contribution is 5.99. The fraction of sp³-hybridized carbons (Fsp3) is 0.562. The van der Waals surface area contributed by atoms with Crippen LogP contribution in [-0.4, -0.2) is 29.2 Å². The molecule has 0 unspecified atom stereocenters. The van der Waals surface area contributed by atoms with Crippen molar-refractivity contribution in [3.63, 3.8) is 0 Å². The van der Waals surface area contributed by atoms with Crippen molar-refractivity contribution in [3.8, 4) is 0 Å². The smallest absolute Gasteiger partial charge is 0.253 e. The second-order valence-corrected chi connectivity index (χ2v) is 5.78. The molecule has 1 saturated carbocycles. The predicted octanol–water partition coefficient (Wildman–Crippen LogP) is 2.54. The molecule has 1 aliphatic rings. The van der Waals surface area contributed by atoms with Crippen LogP contribution in [-0.2, 0) is 0 Å². The molecule has 0 saturated heterocycles. The highest BCUT2D eigenvalue weighted by atomic mass is 16.3. The van der Waals surface area contributed by atoms with Crippen LogP contribution in [0.3, 0.4) is 0 Å². The number of amides is 1. The first-order valence-electron chi connectivity index (χ1n) is 7.42. The minimum atomic E-state index is -0.419. The quantitative estimate of drug-likeness (QED) is 0.792. The Hall–Kier alpha value is -1.55. The lowest BCUT2D eigenvalue weighted by atomic mass is 9.92. The van der Waals surface area contributed by atoms with Gasteiger partial charge in [-0.05, 0) is 38.8 Å². The number of rotatable bonds is 4. The number of hydrogen-bond acceptors (Lipinski definition) is 3. The number of aliphatic hydroxyl groups excluding tert-OH is 1. The summed E-state index contributed by atoms with van der Waals surface area (Å²) in [7, 11) is 0. The van der Waals surface area contributed by atoms with Gasteiger partial charge < -0.3 is 15.7 Å². The Morgan fingerprint density at radius 3 is 2.65 bits per heavy atom. The van der Waals surface area contributed by atoms with Gasteiger partial charge in [0.15, 0.2) is 0 Å². The van der Waals surface area contributed by atoms with E-state index in [-0.39, 0.29) is 18.0 Å². The molecular weight excluding hydrogens is 252 g/mol. The van der Waals surface area contributed by atoms with E-state index >= 15 is 0 Å². The monoisotopic (exact) mass is 276 g/mol. The summed E-state index contributed by atoms with van der Waals surface area (Å²) in [6.45, 7) is 4.08. The van der Waals surface area contributed by atoms with Gasteiger partial charge in [0.25, 0.3) is 5.91 Å². The lowest BCUT2D eigenvalue weighted by Crippen LogP contribution is -2.45. The highest BCUT2D eigenvalue weighted by Gasteiger charge is 2.25. The Morgan fingerprint density at radius 2 is 1.95 bits per heavy atom. The third-order valence-electron chi connectivity index (χ3n) is 3.66. The average Bonchev–Trinajstić information content (AvgIpc) is 2.41. The van der Waals surface area contributed by atoms with Crippen LogP contribution < -0.4 is 10.6 Å². The lowest BCUT2D eigenvalue weighted by molar-refractivity contribution is 0.0718. The number of nitrogens with one attached hydrogen (secondary N) is 2. The number of carbonyl (C=O) groups is 1. The van der Waals surface area contributed by atoms with Gasteiger partial charge in [-0.3, -0.25) is 4.79 Å². The molecule has 0 aromatic heterocycles. The summed E-state index contributed by atoms with van der Waals surface area (Å²) in [4.78, 5) is 12.4. The average molecular weight is 276 g/mol. The topological polar surface area (TPSA) is 61.4 Å². The van der Waals surface area contributed by atoms with Crippen molar-refractivity contribution in [2.24, 2.45) is 0 Å². The van der Waals surface area contributed by atoms with Crippen LogP contribution in [0.2, 0.25) is 0 Å². The molecule has 0 bridgehead atoms. The van der Waals surface area contributed by atoms with E-state index in [1.54, 1.807) is 0 Å². The number of carbonyl (C=O) groups excluding carboxylic acids is 1. The third-order valence-corrected chi connectivity index (χ3v) is 3.66. The summed E-state index contributed by atoms with van der Waals surface area (Å²) < 4.78 is 0. The van der Waals surface area contributed by atoms with E-state index in [4.69, 9.17) is 0 Å². The van der Waals surface area contributed by atoms with E-state index in [0.29, 0.717) is 5.56 Å². The van der Waals surface area contributed by atoms with Crippen molar-refractivity contribution in [3.05, 3.63) is 29.8 Å². The largest absolute Gasteiger partial charge is 0.391 e. The molecule has 0 aliphatic heterocycles. The van der Waals surface area contributed by atoms with Crippen LogP contribution in [0.1, 0.15) is 49.9 Å². The van der Waals surface area contributed by atoms with Gasteiger partial charge in [0.1, 0.15) is 0 Å². The first kappa shape index (κ1) is 14.9. The Bertz CT molecular complexity index is 460. The zero-order chi connectivity index (χ0) is 14.5. The minimum Gasteiger partial charge on any atom is -0.391 e. The van der Waals surface area contributed by atoms with Crippen LogP contribution in [0.4, 0.5) is 5.69 Å². The first-order chi connectivity index (χ1) is 9.58. The van der Waals surface area contributed by atoms with Crippen molar-refractivity contribution in [2.45, 2.75) is 57.7 Å². The van der Waals surface area contributed by atoms with Gasteiger partial charge >= 0.3 is 0 Å². The Kier molecular flexibility index (Phi) is 5.01. The Morgan fingerprint density at radius 1 is 1.25 bits per heavy atom. The molecule has 20 heavy (non-hydrogen) atoms. The van der Waals surface area contributed by atoms with Crippen molar-refractivity contribution < 1.29 is 9.90 Å². The number of hydrogen-bond donors (Lipinski definition) is 3. The molecule has 4 nitrogen and oxygen atoms in total. The number of aliphatic hydroxyl groups is 1.